The highest BCUT2D eigenvalue weighted by atomic mass is 19.1. The van der Waals surface area contributed by atoms with E-state index < -0.39 is 17.5 Å². The van der Waals surface area contributed by atoms with Crippen LogP contribution in [0.4, 0.5) is 20.2 Å². The van der Waals surface area contributed by atoms with Gasteiger partial charge >= 0.3 is 0 Å². The summed E-state index contributed by atoms with van der Waals surface area (Å²) in [4.78, 5) is 14.6. The van der Waals surface area contributed by atoms with Gasteiger partial charge in [0.05, 0.1) is 35.8 Å². The first kappa shape index (κ1) is 24.4. The molecule has 1 aliphatic heterocycles. The summed E-state index contributed by atoms with van der Waals surface area (Å²) in [5, 5.41) is 12.0. The summed E-state index contributed by atoms with van der Waals surface area (Å²) in [6.45, 7) is 1.11. The Morgan fingerprint density at radius 1 is 1.18 bits per heavy atom. The molecule has 0 spiro atoms. The smallest absolute Gasteiger partial charge is 0.271 e. The first-order chi connectivity index (χ1) is 16.3. The zero-order valence-electron chi connectivity index (χ0n) is 18.6. The lowest BCUT2D eigenvalue weighted by atomic mass is 10.1. The van der Waals surface area contributed by atoms with Gasteiger partial charge in [0.15, 0.2) is 17.4 Å². The number of hydrogen-bond acceptors (Lipinski definition) is 7. The van der Waals surface area contributed by atoms with E-state index in [-0.39, 0.29) is 23.4 Å². The van der Waals surface area contributed by atoms with Crippen molar-refractivity contribution in [3.8, 4) is 11.8 Å². The average molecular weight is 469 g/mol. The molecule has 0 unspecified atom stereocenters. The third kappa shape index (κ3) is 6.16. The molecule has 8 nitrogen and oxygen atoms in total. The first-order valence-electron chi connectivity index (χ1n) is 10.5. The maximum Gasteiger partial charge on any atom is 0.271 e. The van der Waals surface area contributed by atoms with Crippen molar-refractivity contribution >= 4 is 17.3 Å². The van der Waals surface area contributed by atoms with Gasteiger partial charge in [-0.15, -0.1) is 0 Å². The van der Waals surface area contributed by atoms with Gasteiger partial charge < -0.3 is 31.2 Å². The summed E-state index contributed by atoms with van der Waals surface area (Å²) in [6.07, 6.45) is 3.58. The summed E-state index contributed by atoms with van der Waals surface area (Å²) in [7, 11) is 1.39. The molecular weight excluding hydrogens is 444 g/mol. The number of anilines is 2. The minimum atomic E-state index is -0.743. The highest BCUT2D eigenvalue weighted by Gasteiger charge is 2.24. The second-order valence-electron chi connectivity index (χ2n) is 7.57. The van der Waals surface area contributed by atoms with E-state index in [1.54, 1.807) is 18.2 Å². The first-order valence-corrected chi connectivity index (χ1v) is 10.5. The number of hydrogen-bond donors (Lipinski definition) is 3. The van der Waals surface area contributed by atoms with Crippen molar-refractivity contribution < 1.29 is 23.0 Å². The van der Waals surface area contributed by atoms with Crippen LogP contribution in [0.1, 0.15) is 18.4 Å². The summed E-state index contributed by atoms with van der Waals surface area (Å²) in [5.74, 6) is -1.87. The Morgan fingerprint density at radius 2 is 1.91 bits per heavy atom. The van der Waals surface area contributed by atoms with Crippen LogP contribution in [0.2, 0.25) is 0 Å². The third-order valence-electron chi connectivity index (χ3n) is 5.27. The van der Waals surface area contributed by atoms with E-state index in [0.717, 1.165) is 12.1 Å². The molecule has 2 aromatic carbocycles. The largest absolute Gasteiger partial charge is 0.487 e. The lowest BCUT2D eigenvalue weighted by molar-refractivity contribution is -0.112. The van der Waals surface area contributed by atoms with E-state index in [1.165, 1.54) is 25.3 Å². The second-order valence-corrected chi connectivity index (χ2v) is 7.57. The van der Waals surface area contributed by atoms with Gasteiger partial charge in [-0.05, 0) is 42.5 Å². The minimum absolute atomic E-state index is 0.0107. The summed E-state index contributed by atoms with van der Waals surface area (Å²) in [5.41, 5.74) is 12.8. The molecule has 1 saturated heterocycles. The lowest BCUT2D eigenvalue weighted by Crippen LogP contribution is -2.39. The van der Waals surface area contributed by atoms with Crippen molar-refractivity contribution in [3.05, 3.63) is 77.3 Å². The van der Waals surface area contributed by atoms with Crippen LogP contribution in [0, 0.1) is 23.0 Å². The topological polar surface area (TPSA) is 127 Å². The van der Waals surface area contributed by atoms with Crippen LogP contribution >= 0.6 is 0 Å². The number of ether oxygens (including phenoxy) is 2. The van der Waals surface area contributed by atoms with E-state index in [2.05, 4.69) is 11.4 Å². The summed E-state index contributed by atoms with van der Waals surface area (Å²) < 4.78 is 37.5. The molecule has 0 atom stereocenters. The molecule has 1 aliphatic rings. The Morgan fingerprint density at radius 3 is 2.56 bits per heavy atom. The normalized spacial score (nSPS) is 14.9. The van der Waals surface area contributed by atoms with Crippen LogP contribution in [0.5, 0.6) is 5.75 Å². The van der Waals surface area contributed by atoms with Crippen molar-refractivity contribution in [1.29, 1.82) is 5.26 Å². The van der Waals surface area contributed by atoms with E-state index in [4.69, 9.17) is 20.9 Å². The molecule has 0 radical (unpaired) electrons. The standard InChI is InChI=1S/C24H25F2N5O3/c1-33-23(29)7-4-19(28)24(32)30-20-12-15(14-27)2-5-21(20)31-10-8-17(9-11-31)34-22-6-3-16(25)13-18(22)26/h2-7,12-13,17H,8-11,28-29H2,1H3,(H,30,32)/b19-4-,23-7+. The maximum atomic E-state index is 13.9. The Balaban J connectivity index is 1.71. The number of nitrogens with zero attached hydrogens (tertiary/aromatic N) is 2. The van der Waals surface area contributed by atoms with Crippen molar-refractivity contribution in [2.24, 2.45) is 11.5 Å². The number of piperidine rings is 1. The Hall–Kier alpha value is -4.26. The van der Waals surface area contributed by atoms with E-state index in [9.17, 15) is 18.8 Å². The number of nitrogens with one attached hydrogen (secondary N) is 1. The van der Waals surface area contributed by atoms with Gasteiger partial charge in [0.2, 0.25) is 0 Å². The molecule has 5 N–H and O–H groups in total. The number of allylic oxidation sites excluding steroid dienone is 2. The summed E-state index contributed by atoms with van der Waals surface area (Å²) >= 11 is 0. The Kier molecular flexibility index (Phi) is 7.92. The van der Waals surface area contributed by atoms with E-state index >= 15 is 0 Å². The molecule has 1 heterocycles. The minimum Gasteiger partial charge on any atom is -0.487 e. The zero-order chi connectivity index (χ0) is 24.7. The highest BCUT2D eigenvalue weighted by Crippen LogP contribution is 2.31. The van der Waals surface area contributed by atoms with Gasteiger partial charge in [-0.1, -0.05) is 0 Å². The highest BCUT2D eigenvalue weighted by molar-refractivity contribution is 6.05. The number of methoxy groups -OCH3 is 1. The molecule has 2 aromatic rings. The number of rotatable bonds is 7. The second kappa shape index (κ2) is 11.0. The zero-order valence-corrected chi connectivity index (χ0v) is 18.6. The van der Waals surface area contributed by atoms with Crippen molar-refractivity contribution in [1.82, 2.24) is 0 Å². The number of amides is 1. The third-order valence-corrected chi connectivity index (χ3v) is 5.27. The van der Waals surface area contributed by atoms with E-state index in [1.807, 2.05) is 4.90 Å². The van der Waals surface area contributed by atoms with Crippen LogP contribution in [0.15, 0.2) is 60.1 Å². The molecule has 34 heavy (non-hydrogen) atoms. The van der Waals surface area contributed by atoms with Crippen LogP contribution in [0.25, 0.3) is 0 Å². The number of carbonyl (C=O) groups excluding carboxylic acids is 1. The fourth-order valence-electron chi connectivity index (χ4n) is 3.46. The molecule has 0 saturated carbocycles. The van der Waals surface area contributed by atoms with Crippen LogP contribution < -0.4 is 26.4 Å². The van der Waals surface area contributed by atoms with Crippen molar-refractivity contribution in [2.45, 2.75) is 18.9 Å². The molecule has 10 heteroatoms. The number of nitrogens with two attached hydrogens (primary N) is 2. The van der Waals surface area contributed by atoms with Gasteiger partial charge in [-0.25, -0.2) is 8.78 Å². The predicted octanol–water partition coefficient (Wildman–Crippen LogP) is 3.11. The molecule has 1 fully saturated rings. The van der Waals surface area contributed by atoms with Gasteiger partial charge in [-0.2, -0.15) is 5.26 Å². The van der Waals surface area contributed by atoms with Gasteiger partial charge in [-0.3, -0.25) is 4.79 Å². The average Bonchev–Trinajstić information content (AvgIpc) is 2.84. The fourth-order valence-corrected chi connectivity index (χ4v) is 3.46. The molecule has 0 bridgehead atoms. The number of halogens is 2. The van der Waals surface area contributed by atoms with Crippen LogP contribution in [-0.2, 0) is 9.53 Å². The maximum absolute atomic E-state index is 13.9. The fraction of sp³-hybridized carbons (Fsp3) is 0.250. The predicted molar refractivity (Wildman–Crippen MR) is 124 cm³/mol. The molecule has 0 aliphatic carbocycles. The molecule has 178 valence electrons. The molecule has 3 rings (SSSR count). The SMILES string of the molecule is CO/C(N)=C/C=C(\N)C(=O)Nc1cc(C#N)ccc1N1CCC(Oc2ccc(F)cc2F)CC1. The van der Waals surface area contributed by atoms with Gasteiger partial charge in [0.25, 0.3) is 5.91 Å². The number of nitriles is 1. The van der Waals surface area contributed by atoms with Crippen molar-refractivity contribution in [3.63, 3.8) is 0 Å². The molecule has 1 amide bonds. The number of benzene rings is 2. The van der Waals surface area contributed by atoms with Crippen molar-refractivity contribution in [2.75, 3.05) is 30.4 Å². The van der Waals surface area contributed by atoms with Crippen LogP contribution in [-0.4, -0.2) is 32.2 Å². The van der Waals surface area contributed by atoms with Gasteiger partial charge in [0, 0.05) is 32.0 Å². The monoisotopic (exact) mass is 469 g/mol. The molecular formula is C24H25F2N5O3. The van der Waals surface area contributed by atoms with Gasteiger partial charge in [0.1, 0.15) is 11.9 Å². The quantitative estimate of drug-likeness (QED) is 0.323. The Labute approximate surface area is 196 Å². The van der Waals surface area contributed by atoms with E-state index in [0.29, 0.717) is 42.9 Å². The van der Waals surface area contributed by atoms with Crippen LogP contribution in [0.3, 0.4) is 0 Å². The lowest BCUT2D eigenvalue weighted by Gasteiger charge is -2.34. The Bertz CT molecular complexity index is 1150. The molecule has 0 aromatic heterocycles. The summed E-state index contributed by atoms with van der Waals surface area (Å²) in [6, 6.07) is 10.2. The number of carbonyl (C=O) groups is 1.